The van der Waals surface area contributed by atoms with Crippen LogP contribution in [0.1, 0.15) is 20.3 Å². The van der Waals surface area contributed by atoms with E-state index in [-0.39, 0.29) is 6.29 Å². The molecule has 1 N–H and O–H groups in total. The molecule has 19 heavy (non-hydrogen) atoms. The van der Waals surface area contributed by atoms with Gasteiger partial charge < -0.3 is 9.47 Å². The summed E-state index contributed by atoms with van der Waals surface area (Å²) in [5, 5.41) is 2.87. The van der Waals surface area contributed by atoms with Crippen LogP contribution >= 0.6 is 11.8 Å². The fourth-order valence-electron chi connectivity index (χ4n) is 1.42. The van der Waals surface area contributed by atoms with Crippen LogP contribution in [-0.4, -0.2) is 40.0 Å². The molecule has 0 aliphatic carbocycles. The lowest BCUT2D eigenvalue weighted by Gasteiger charge is -2.16. The average molecular weight is 289 g/mol. The van der Waals surface area contributed by atoms with Gasteiger partial charge in [-0.15, -0.1) is 0 Å². The molecule has 8 heteroatoms. The molecule has 0 aromatic carbocycles. The van der Waals surface area contributed by atoms with Gasteiger partial charge in [-0.25, -0.2) is 0 Å². The molecule has 1 heterocycles. The van der Waals surface area contributed by atoms with Gasteiger partial charge in [0.2, 0.25) is 0 Å². The van der Waals surface area contributed by atoms with Gasteiger partial charge in [0.15, 0.2) is 11.4 Å². The van der Waals surface area contributed by atoms with Gasteiger partial charge in [0.05, 0.1) is 0 Å². The summed E-state index contributed by atoms with van der Waals surface area (Å²) in [6, 6.07) is 0. The molecule has 0 amide bonds. The van der Waals surface area contributed by atoms with E-state index < -0.39 is 11.1 Å². The Morgan fingerprint density at radius 3 is 2.53 bits per heavy atom. The van der Waals surface area contributed by atoms with Gasteiger partial charge in [0.1, 0.15) is 0 Å². The summed E-state index contributed by atoms with van der Waals surface area (Å²) >= 11 is 1.37. The number of aromatic nitrogens is 3. The molecule has 0 aliphatic heterocycles. The van der Waals surface area contributed by atoms with Gasteiger partial charge >= 0.3 is 11.1 Å². The molecular weight excluding hydrogens is 270 g/mol. The van der Waals surface area contributed by atoms with Crippen molar-refractivity contribution >= 4 is 11.8 Å². The zero-order valence-corrected chi connectivity index (χ0v) is 12.2. The number of rotatable bonds is 8. The maximum Gasteiger partial charge on any atom is 0.339 e. The van der Waals surface area contributed by atoms with Crippen LogP contribution in [0.25, 0.3) is 0 Å². The van der Waals surface area contributed by atoms with Crippen LogP contribution < -0.4 is 11.1 Å². The number of H-pyrrole nitrogens is 1. The molecule has 1 rings (SSSR count). The molecule has 0 bridgehead atoms. The Morgan fingerprint density at radius 2 is 1.95 bits per heavy atom. The molecule has 1 aromatic rings. The number of aryl methyl sites for hydroxylation is 1. The molecule has 0 unspecified atom stereocenters. The molecule has 1 aromatic heterocycles. The van der Waals surface area contributed by atoms with E-state index in [1.54, 1.807) is 7.05 Å². The van der Waals surface area contributed by atoms with Crippen molar-refractivity contribution in [2.75, 3.05) is 19.0 Å². The zero-order valence-electron chi connectivity index (χ0n) is 11.3. The van der Waals surface area contributed by atoms with Crippen molar-refractivity contribution in [3.05, 3.63) is 20.7 Å². The van der Waals surface area contributed by atoms with Crippen molar-refractivity contribution in [1.82, 2.24) is 14.8 Å². The average Bonchev–Trinajstić information content (AvgIpc) is 2.36. The Bertz CT molecular complexity index is 493. The maximum atomic E-state index is 11.2. The van der Waals surface area contributed by atoms with Gasteiger partial charge in [-0.05, 0) is 13.8 Å². The van der Waals surface area contributed by atoms with Crippen LogP contribution in [0.15, 0.2) is 14.7 Å². The first-order valence-corrected chi connectivity index (χ1v) is 7.10. The van der Waals surface area contributed by atoms with E-state index in [1.165, 1.54) is 16.4 Å². The van der Waals surface area contributed by atoms with Crippen LogP contribution in [0.3, 0.4) is 0 Å². The first-order valence-electron chi connectivity index (χ1n) is 6.11. The van der Waals surface area contributed by atoms with E-state index in [0.29, 0.717) is 30.5 Å². The van der Waals surface area contributed by atoms with Crippen molar-refractivity contribution in [2.45, 2.75) is 31.7 Å². The predicted octanol–water partition coefficient (Wildman–Crippen LogP) is 0.350. The monoisotopic (exact) mass is 289 g/mol. The quantitative estimate of drug-likeness (QED) is 0.422. The lowest BCUT2D eigenvalue weighted by molar-refractivity contribution is -0.136. The summed E-state index contributed by atoms with van der Waals surface area (Å²) in [4.78, 5) is 25.9. The van der Waals surface area contributed by atoms with Gasteiger partial charge in [0.25, 0.3) is 0 Å². The third kappa shape index (κ3) is 5.17. The van der Waals surface area contributed by atoms with Crippen LogP contribution in [0, 0.1) is 0 Å². The molecular formula is C11H19N3O4S. The minimum atomic E-state index is -0.772. The zero-order chi connectivity index (χ0) is 14.3. The maximum absolute atomic E-state index is 11.2. The van der Waals surface area contributed by atoms with Crippen LogP contribution in [0.2, 0.25) is 0 Å². The highest BCUT2D eigenvalue weighted by Gasteiger charge is 2.10. The summed E-state index contributed by atoms with van der Waals surface area (Å²) in [6.45, 7) is 4.99. The largest absolute Gasteiger partial charge is 0.353 e. The Kier molecular flexibility index (Phi) is 6.82. The van der Waals surface area contributed by atoms with E-state index in [0.717, 1.165) is 0 Å². The first kappa shape index (κ1) is 15.9. The topological polar surface area (TPSA) is 86.2 Å². The van der Waals surface area contributed by atoms with E-state index in [2.05, 4.69) is 10.1 Å². The SMILES string of the molecule is CCOC(CCSc1nc(=O)c(=O)[nH]n1C)OCC. The van der Waals surface area contributed by atoms with Crippen molar-refractivity contribution < 1.29 is 9.47 Å². The van der Waals surface area contributed by atoms with E-state index in [1.807, 2.05) is 13.8 Å². The Balaban J connectivity index is 2.54. The van der Waals surface area contributed by atoms with Gasteiger partial charge in [-0.3, -0.25) is 19.4 Å². The summed E-state index contributed by atoms with van der Waals surface area (Å²) in [5.41, 5.74) is -1.49. The van der Waals surface area contributed by atoms with Gasteiger partial charge in [-0.1, -0.05) is 11.8 Å². The molecule has 0 aliphatic rings. The Labute approximate surface area is 115 Å². The fraction of sp³-hybridized carbons (Fsp3) is 0.727. The number of nitrogens with one attached hydrogen (secondary N) is 1. The number of nitrogens with zero attached hydrogens (tertiary/aromatic N) is 2. The highest BCUT2D eigenvalue weighted by atomic mass is 32.2. The molecule has 7 nitrogen and oxygen atoms in total. The van der Waals surface area contributed by atoms with Crippen molar-refractivity contribution in [3.63, 3.8) is 0 Å². The van der Waals surface area contributed by atoms with E-state index in [9.17, 15) is 9.59 Å². The number of thioether (sulfide) groups is 1. The van der Waals surface area contributed by atoms with Crippen LogP contribution in [-0.2, 0) is 16.5 Å². The minimum absolute atomic E-state index is 0.248. The first-order chi connectivity index (χ1) is 9.08. The smallest absolute Gasteiger partial charge is 0.339 e. The second kappa shape index (κ2) is 8.13. The highest BCUT2D eigenvalue weighted by Crippen LogP contribution is 2.15. The molecule has 108 valence electrons. The minimum Gasteiger partial charge on any atom is -0.353 e. The second-order valence-corrected chi connectivity index (χ2v) is 4.74. The second-order valence-electron chi connectivity index (χ2n) is 3.68. The third-order valence-corrected chi connectivity index (χ3v) is 3.30. The standard InChI is InChI=1S/C11H19N3O4S/c1-4-17-8(18-5-2)6-7-19-11-12-9(15)10(16)13-14(11)3/h8H,4-7H2,1-3H3,(H,13,16). The number of hydrogen-bond donors (Lipinski definition) is 1. The van der Waals surface area contributed by atoms with Crippen LogP contribution in [0.4, 0.5) is 0 Å². The normalized spacial score (nSPS) is 11.2. The predicted molar refractivity (Wildman–Crippen MR) is 72.5 cm³/mol. The third-order valence-electron chi connectivity index (χ3n) is 2.24. The number of hydrogen-bond acceptors (Lipinski definition) is 6. The van der Waals surface area contributed by atoms with Crippen LogP contribution in [0.5, 0.6) is 0 Å². The summed E-state index contributed by atoms with van der Waals surface area (Å²) in [7, 11) is 1.64. The summed E-state index contributed by atoms with van der Waals surface area (Å²) in [5.74, 6) is 0.678. The van der Waals surface area contributed by atoms with E-state index in [4.69, 9.17) is 9.47 Å². The summed E-state index contributed by atoms with van der Waals surface area (Å²) < 4.78 is 12.3. The fourth-order valence-corrected chi connectivity index (χ4v) is 2.30. The molecule has 0 saturated carbocycles. The highest BCUT2D eigenvalue weighted by molar-refractivity contribution is 7.99. The van der Waals surface area contributed by atoms with Gasteiger partial charge in [-0.2, -0.15) is 4.98 Å². The number of ether oxygens (including phenoxy) is 2. The lowest BCUT2D eigenvalue weighted by atomic mass is 10.5. The van der Waals surface area contributed by atoms with Crippen molar-refractivity contribution in [1.29, 1.82) is 0 Å². The molecule has 0 saturated heterocycles. The Hall–Kier alpha value is -1.12. The molecule has 0 radical (unpaired) electrons. The summed E-state index contributed by atoms with van der Waals surface area (Å²) in [6.07, 6.45) is 0.434. The number of aromatic amines is 1. The molecule has 0 spiro atoms. The van der Waals surface area contributed by atoms with Crippen molar-refractivity contribution in [2.24, 2.45) is 7.05 Å². The van der Waals surface area contributed by atoms with Gasteiger partial charge in [0, 0.05) is 32.4 Å². The molecule has 0 fully saturated rings. The van der Waals surface area contributed by atoms with E-state index >= 15 is 0 Å². The lowest BCUT2D eigenvalue weighted by Crippen LogP contribution is -2.33. The Morgan fingerprint density at radius 1 is 1.32 bits per heavy atom. The van der Waals surface area contributed by atoms with Crippen molar-refractivity contribution in [3.8, 4) is 0 Å². The molecule has 0 atom stereocenters.